The minimum absolute atomic E-state index is 0.702. The highest BCUT2D eigenvalue weighted by atomic mass is 127. The minimum atomic E-state index is 0.702. The minimum Gasteiger partial charge on any atom is -0.338 e. The van der Waals surface area contributed by atoms with Crippen LogP contribution in [0.5, 0.6) is 0 Å². The molecule has 136 valence electrons. The van der Waals surface area contributed by atoms with E-state index in [1.807, 2.05) is 30.3 Å². The summed E-state index contributed by atoms with van der Waals surface area (Å²) in [6.45, 7) is 4.22. The van der Waals surface area contributed by atoms with Crippen LogP contribution in [0.3, 0.4) is 0 Å². The molecule has 0 amide bonds. The first-order valence-electron chi connectivity index (χ1n) is 8.87. The van der Waals surface area contributed by atoms with Crippen LogP contribution in [0.1, 0.15) is 18.2 Å². The number of benzene rings is 2. The lowest BCUT2D eigenvalue weighted by Gasteiger charge is -2.15. The number of halogens is 2. The molecule has 4 rings (SSSR count). The molecule has 4 aromatic rings. The Morgan fingerprint density at radius 2 is 1.81 bits per heavy atom. The van der Waals surface area contributed by atoms with Gasteiger partial charge in [-0.3, -0.25) is 4.40 Å². The van der Waals surface area contributed by atoms with Gasteiger partial charge in [-0.2, -0.15) is 0 Å². The van der Waals surface area contributed by atoms with Crippen molar-refractivity contribution in [3.63, 3.8) is 0 Å². The van der Waals surface area contributed by atoms with Gasteiger partial charge >= 0.3 is 0 Å². The van der Waals surface area contributed by atoms with Crippen LogP contribution in [0.15, 0.2) is 60.7 Å². The Bertz CT molecular complexity index is 1110. The van der Waals surface area contributed by atoms with Gasteiger partial charge < -0.3 is 5.32 Å². The Balaban J connectivity index is 2.02. The molecule has 0 spiro atoms. The normalized spacial score (nSPS) is 11.1. The Kier molecular flexibility index (Phi) is 5.10. The van der Waals surface area contributed by atoms with Gasteiger partial charge in [-0.05, 0) is 65.8 Å². The summed E-state index contributed by atoms with van der Waals surface area (Å²) in [7, 11) is 0. The van der Waals surface area contributed by atoms with E-state index in [-0.39, 0.29) is 0 Å². The lowest BCUT2D eigenvalue weighted by atomic mass is 10.1. The molecular weight excluding hydrogens is 469 g/mol. The molecule has 1 N–H and O–H groups in total. The summed E-state index contributed by atoms with van der Waals surface area (Å²) in [6.07, 6.45) is 0.912. The van der Waals surface area contributed by atoms with Crippen LogP contribution >= 0.6 is 34.2 Å². The number of nitrogens with zero attached hydrogens (tertiary/aromatic N) is 2. The molecule has 0 aliphatic heterocycles. The molecule has 0 atom stereocenters. The number of imidazole rings is 1. The molecule has 0 saturated carbocycles. The van der Waals surface area contributed by atoms with E-state index in [2.05, 4.69) is 76.5 Å². The predicted octanol–water partition coefficient (Wildman–Crippen LogP) is 6.87. The van der Waals surface area contributed by atoms with Gasteiger partial charge in [0.15, 0.2) is 0 Å². The molecule has 0 radical (unpaired) electrons. The highest BCUT2D eigenvalue weighted by molar-refractivity contribution is 14.1. The van der Waals surface area contributed by atoms with E-state index in [0.29, 0.717) is 5.02 Å². The zero-order valence-electron chi connectivity index (χ0n) is 15.1. The van der Waals surface area contributed by atoms with Gasteiger partial charge in [0, 0.05) is 14.8 Å². The lowest BCUT2D eigenvalue weighted by molar-refractivity contribution is 0.983. The molecule has 0 bridgehead atoms. The summed E-state index contributed by atoms with van der Waals surface area (Å²) in [4.78, 5) is 4.96. The standard InChI is InChI=1S/C22H19ClIN3/c1-3-15-9-7-13-19-25-21(16-10-4-5-12-18(16)24)22(27(15)19)26-20-14(2)8-6-11-17(20)23/h4-13,26H,3H2,1-2H3. The summed E-state index contributed by atoms with van der Waals surface area (Å²) < 4.78 is 3.36. The van der Waals surface area contributed by atoms with Crippen molar-refractivity contribution in [2.45, 2.75) is 20.3 Å². The van der Waals surface area contributed by atoms with Crippen molar-refractivity contribution in [3.05, 3.63) is 80.5 Å². The van der Waals surface area contributed by atoms with Crippen molar-refractivity contribution >= 4 is 51.3 Å². The first-order chi connectivity index (χ1) is 13.1. The topological polar surface area (TPSA) is 29.3 Å². The number of anilines is 2. The van der Waals surface area contributed by atoms with Crippen molar-refractivity contribution in [3.8, 4) is 11.3 Å². The average Bonchev–Trinajstić information content (AvgIpc) is 3.03. The SMILES string of the molecule is CCc1cccc2nc(-c3ccccc3I)c(Nc3c(C)cccc3Cl)n12. The monoisotopic (exact) mass is 487 g/mol. The lowest BCUT2D eigenvalue weighted by Crippen LogP contribution is -2.03. The van der Waals surface area contributed by atoms with Crippen molar-refractivity contribution in [1.29, 1.82) is 0 Å². The number of fused-ring (bicyclic) bond motifs is 1. The Hall–Kier alpha value is -2.05. The number of pyridine rings is 1. The molecule has 5 heteroatoms. The molecule has 27 heavy (non-hydrogen) atoms. The highest BCUT2D eigenvalue weighted by Gasteiger charge is 2.19. The van der Waals surface area contributed by atoms with Crippen molar-refractivity contribution in [1.82, 2.24) is 9.38 Å². The van der Waals surface area contributed by atoms with E-state index in [4.69, 9.17) is 16.6 Å². The van der Waals surface area contributed by atoms with Crippen molar-refractivity contribution in [2.24, 2.45) is 0 Å². The van der Waals surface area contributed by atoms with Crippen LogP contribution in [-0.4, -0.2) is 9.38 Å². The molecular formula is C22H19ClIN3. The van der Waals surface area contributed by atoms with Gasteiger partial charge in [-0.15, -0.1) is 0 Å². The van der Waals surface area contributed by atoms with E-state index in [9.17, 15) is 0 Å². The van der Waals surface area contributed by atoms with E-state index >= 15 is 0 Å². The second-order valence-corrected chi connectivity index (χ2v) is 7.98. The maximum absolute atomic E-state index is 6.51. The van der Waals surface area contributed by atoms with Crippen LogP contribution in [0.4, 0.5) is 11.5 Å². The van der Waals surface area contributed by atoms with Crippen molar-refractivity contribution < 1.29 is 0 Å². The smallest absolute Gasteiger partial charge is 0.143 e. The maximum atomic E-state index is 6.51. The fourth-order valence-electron chi connectivity index (χ4n) is 3.30. The fourth-order valence-corrected chi connectivity index (χ4v) is 4.21. The molecule has 0 aliphatic rings. The molecule has 0 unspecified atom stereocenters. The van der Waals surface area contributed by atoms with Gasteiger partial charge in [0.05, 0.1) is 10.7 Å². The molecule has 0 fully saturated rings. The summed E-state index contributed by atoms with van der Waals surface area (Å²) in [5, 5.41) is 4.30. The quantitative estimate of drug-likeness (QED) is 0.318. The zero-order chi connectivity index (χ0) is 19.0. The van der Waals surface area contributed by atoms with Crippen LogP contribution in [0, 0.1) is 10.5 Å². The third-order valence-corrected chi connectivity index (χ3v) is 5.94. The number of para-hydroxylation sites is 1. The second kappa shape index (κ2) is 7.52. The Morgan fingerprint density at radius 1 is 1.04 bits per heavy atom. The van der Waals surface area contributed by atoms with Gasteiger partial charge in [0.25, 0.3) is 0 Å². The predicted molar refractivity (Wildman–Crippen MR) is 122 cm³/mol. The van der Waals surface area contributed by atoms with E-state index in [0.717, 1.165) is 44.0 Å². The number of rotatable bonds is 4. The van der Waals surface area contributed by atoms with Gasteiger partial charge in [0.2, 0.25) is 0 Å². The van der Waals surface area contributed by atoms with Crippen molar-refractivity contribution in [2.75, 3.05) is 5.32 Å². The van der Waals surface area contributed by atoms with E-state index < -0.39 is 0 Å². The molecule has 2 aromatic carbocycles. The highest BCUT2D eigenvalue weighted by Crippen LogP contribution is 2.37. The number of aromatic nitrogens is 2. The number of hydrogen-bond acceptors (Lipinski definition) is 2. The number of nitrogens with one attached hydrogen (secondary N) is 1. The van der Waals surface area contributed by atoms with Crippen LogP contribution < -0.4 is 5.32 Å². The summed E-state index contributed by atoms with van der Waals surface area (Å²) in [5.74, 6) is 0.947. The molecule has 3 nitrogen and oxygen atoms in total. The molecule has 2 aromatic heterocycles. The zero-order valence-corrected chi connectivity index (χ0v) is 18.0. The van der Waals surface area contributed by atoms with E-state index in [1.54, 1.807) is 0 Å². The van der Waals surface area contributed by atoms with E-state index in [1.165, 1.54) is 5.69 Å². The van der Waals surface area contributed by atoms with Gasteiger partial charge in [-0.1, -0.05) is 54.9 Å². The van der Waals surface area contributed by atoms with Crippen LogP contribution in [0.25, 0.3) is 16.9 Å². The number of aryl methyl sites for hydroxylation is 2. The largest absolute Gasteiger partial charge is 0.338 e. The Morgan fingerprint density at radius 3 is 2.56 bits per heavy atom. The van der Waals surface area contributed by atoms with Crippen LogP contribution in [-0.2, 0) is 6.42 Å². The Labute approximate surface area is 177 Å². The summed E-state index contributed by atoms with van der Waals surface area (Å²) >= 11 is 8.87. The summed E-state index contributed by atoms with van der Waals surface area (Å²) in [6, 6.07) is 20.5. The third kappa shape index (κ3) is 3.32. The second-order valence-electron chi connectivity index (χ2n) is 6.41. The average molecular weight is 488 g/mol. The molecule has 0 saturated heterocycles. The maximum Gasteiger partial charge on any atom is 0.143 e. The van der Waals surface area contributed by atoms with Crippen LogP contribution in [0.2, 0.25) is 5.02 Å². The first-order valence-corrected chi connectivity index (χ1v) is 10.3. The molecule has 0 aliphatic carbocycles. The number of hydrogen-bond donors (Lipinski definition) is 1. The first kappa shape index (κ1) is 18.3. The fraction of sp³-hybridized carbons (Fsp3) is 0.136. The molecule has 2 heterocycles. The third-order valence-electron chi connectivity index (χ3n) is 4.68. The van der Waals surface area contributed by atoms with Gasteiger partial charge in [0.1, 0.15) is 17.2 Å². The summed E-state index contributed by atoms with van der Waals surface area (Å²) in [5.41, 5.74) is 6.18. The van der Waals surface area contributed by atoms with Gasteiger partial charge in [-0.25, -0.2) is 4.98 Å².